The van der Waals surface area contributed by atoms with Gasteiger partial charge in [-0.15, -0.1) is 0 Å². The summed E-state index contributed by atoms with van der Waals surface area (Å²) >= 11 is 0. The van der Waals surface area contributed by atoms with Gasteiger partial charge in [0, 0.05) is 18.4 Å². The van der Waals surface area contributed by atoms with Gasteiger partial charge in [-0.3, -0.25) is 9.88 Å². The van der Waals surface area contributed by atoms with Gasteiger partial charge in [0.2, 0.25) is 0 Å². The molecule has 1 aliphatic heterocycles. The molecule has 3 aromatic rings. The number of aromatic nitrogens is 1. The van der Waals surface area contributed by atoms with Crippen molar-refractivity contribution >= 4 is 28.2 Å². The molecule has 0 saturated heterocycles. The van der Waals surface area contributed by atoms with Crippen molar-refractivity contribution in [3.63, 3.8) is 0 Å². The summed E-state index contributed by atoms with van der Waals surface area (Å²) in [4.78, 5) is 18.3. The molecule has 2 aromatic carbocycles. The molecule has 0 spiro atoms. The molecule has 0 aliphatic carbocycles. The van der Waals surface area contributed by atoms with Gasteiger partial charge in [0.25, 0.3) is 0 Å². The zero-order valence-electron chi connectivity index (χ0n) is 12.9. The largest absolute Gasteiger partial charge is 0.326 e. The lowest BCUT2D eigenvalue weighted by molar-refractivity contribution is 0.257. The highest BCUT2D eigenvalue weighted by atomic mass is 16.2. The van der Waals surface area contributed by atoms with Gasteiger partial charge in [-0.25, -0.2) is 4.79 Å². The third-order valence-corrected chi connectivity index (χ3v) is 4.30. The Morgan fingerprint density at radius 1 is 1.17 bits per heavy atom. The normalized spacial score (nSPS) is 12.7. The molecule has 0 bridgehead atoms. The molecule has 0 saturated carbocycles. The molecule has 116 valence electrons. The van der Waals surface area contributed by atoms with Gasteiger partial charge >= 0.3 is 6.03 Å². The van der Waals surface area contributed by atoms with E-state index in [1.54, 1.807) is 23.4 Å². The van der Waals surface area contributed by atoms with Crippen molar-refractivity contribution in [1.82, 2.24) is 4.98 Å². The highest BCUT2D eigenvalue weighted by molar-refractivity contribution is 6.06. The number of amides is 2. The van der Waals surface area contributed by atoms with E-state index in [2.05, 4.69) is 16.4 Å². The number of pyridine rings is 1. The predicted octanol–water partition coefficient (Wildman–Crippen LogP) is 3.70. The number of hydrogen-bond acceptors (Lipinski definition) is 3. The van der Waals surface area contributed by atoms with Gasteiger partial charge in [-0.05, 0) is 47.0 Å². The first-order valence-corrected chi connectivity index (χ1v) is 7.71. The zero-order valence-corrected chi connectivity index (χ0v) is 12.9. The monoisotopic (exact) mass is 314 g/mol. The van der Waals surface area contributed by atoms with Crippen molar-refractivity contribution in [2.75, 3.05) is 16.8 Å². The second kappa shape index (κ2) is 5.67. The Morgan fingerprint density at radius 2 is 2.08 bits per heavy atom. The van der Waals surface area contributed by atoms with E-state index in [9.17, 15) is 10.1 Å². The first-order chi connectivity index (χ1) is 11.8. The summed E-state index contributed by atoms with van der Waals surface area (Å²) in [6.45, 7) is 0.622. The van der Waals surface area contributed by atoms with Crippen LogP contribution in [0.15, 0.2) is 54.9 Å². The van der Waals surface area contributed by atoms with E-state index in [4.69, 9.17) is 0 Å². The minimum Gasteiger partial charge on any atom is -0.306 e. The van der Waals surface area contributed by atoms with E-state index >= 15 is 0 Å². The summed E-state index contributed by atoms with van der Waals surface area (Å²) < 4.78 is 0. The molecule has 0 unspecified atom stereocenters. The third kappa shape index (κ3) is 2.25. The predicted molar refractivity (Wildman–Crippen MR) is 93.0 cm³/mol. The van der Waals surface area contributed by atoms with Crippen LogP contribution in [0.25, 0.3) is 10.8 Å². The van der Waals surface area contributed by atoms with Crippen molar-refractivity contribution < 1.29 is 4.79 Å². The van der Waals surface area contributed by atoms with Gasteiger partial charge in [0.15, 0.2) is 0 Å². The molecule has 5 nitrogen and oxygen atoms in total. The number of anilines is 2. The summed E-state index contributed by atoms with van der Waals surface area (Å²) in [5.41, 5.74) is 3.35. The maximum Gasteiger partial charge on any atom is 0.326 e. The van der Waals surface area contributed by atoms with Crippen LogP contribution in [0.4, 0.5) is 16.2 Å². The molecule has 24 heavy (non-hydrogen) atoms. The van der Waals surface area contributed by atoms with Crippen LogP contribution in [0.5, 0.6) is 0 Å². The maximum atomic E-state index is 12.6. The number of nitriles is 1. The van der Waals surface area contributed by atoms with Crippen LogP contribution < -0.4 is 10.2 Å². The van der Waals surface area contributed by atoms with Crippen molar-refractivity contribution in [3.8, 4) is 6.07 Å². The SMILES string of the molecule is N#Cc1cccc2c3c(ccc12)N(C(=O)Nc1cccnc1)CC3. The van der Waals surface area contributed by atoms with E-state index in [-0.39, 0.29) is 6.03 Å². The van der Waals surface area contributed by atoms with Crippen molar-refractivity contribution in [2.24, 2.45) is 0 Å². The van der Waals surface area contributed by atoms with Crippen LogP contribution in [-0.2, 0) is 6.42 Å². The number of fused-ring (bicyclic) bond motifs is 3. The van der Waals surface area contributed by atoms with E-state index in [1.807, 2.05) is 36.4 Å². The Morgan fingerprint density at radius 3 is 2.88 bits per heavy atom. The van der Waals surface area contributed by atoms with Crippen molar-refractivity contribution in [3.05, 3.63) is 66.0 Å². The molecule has 0 radical (unpaired) electrons. The summed E-state index contributed by atoms with van der Waals surface area (Å²) in [5.74, 6) is 0. The number of urea groups is 1. The molecule has 2 heterocycles. The molecule has 0 fully saturated rings. The summed E-state index contributed by atoms with van der Waals surface area (Å²) in [5, 5.41) is 14.1. The molecule has 1 N–H and O–H groups in total. The zero-order chi connectivity index (χ0) is 16.5. The minimum absolute atomic E-state index is 0.169. The Hall–Kier alpha value is -3.39. The van der Waals surface area contributed by atoms with Gasteiger partial charge < -0.3 is 5.32 Å². The summed E-state index contributed by atoms with van der Waals surface area (Å²) in [7, 11) is 0. The number of hydrogen-bond donors (Lipinski definition) is 1. The van der Waals surface area contributed by atoms with E-state index in [1.165, 1.54) is 0 Å². The molecule has 0 atom stereocenters. The Balaban J connectivity index is 1.71. The van der Waals surface area contributed by atoms with E-state index in [0.717, 1.165) is 28.4 Å². The Labute approximate surface area is 139 Å². The lowest BCUT2D eigenvalue weighted by atomic mass is 9.99. The molecular weight excluding hydrogens is 300 g/mol. The Bertz CT molecular complexity index is 976. The van der Waals surface area contributed by atoms with Crippen LogP contribution in [0.2, 0.25) is 0 Å². The fourth-order valence-corrected chi connectivity index (χ4v) is 3.20. The molecule has 1 aromatic heterocycles. The fourth-order valence-electron chi connectivity index (χ4n) is 3.20. The van der Waals surface area contributed by atoms with E-state index in [0.29, 0.717) is 17.8 Å². The van der Waals surface area contributed by atoms with Gasteiger partial charge in [0.05, 0.1) is 23.5 Å². The number of carbonyl (C=O) groups is 1. The second-order valence-corrected chi connectivity index (χ2v) is 5.65. The molecular formula is C19H14N4O. The summed E-state index contributed by atoms with van der Waals surface area (Å²) in [6, 6.07) is 15.2. The lowest BCUT2D eigenvalue weighted by Gasteiger charge is -2.18. The first-order valence-electron chi connectivity index (χ1n) is 7.71. The van der Waals surface area contributed by atoms with Crippen LogP contribution in [-0.4, -0.2) is 17.6 Å². The van der Waals surface area contributed by atoms with Crippen LogP contribution in [0, 0.1) is 11.3 Å². The highest BCUT2D eigenvalue weighted by Crippen LogP contribution is 2.35. The second-order valence-electron chi connectivity index (χ2n) is 5.65. The fraction of sp³-hybridized carbons (Fsp3) is 0.105. The molecule has 4 rings (SSSR count). The first kappa shape index (κ1) is 14.2. The van der Waals surface area contributed by atoms with Gasteiger partial charge in [0.1, 0.15) is 0 Å². The number of nitrogens with one attached hydrogen (secondary N) is 1. The average Bonchev–Trinajstić information content (AvgIpc) is 3.06. The van der Waals surface area contributed by atoms with Crippen LogP contribution in [0.1, 0.15) is 11.1 Å². The molecule has 5 heteroatoms. The average molecular weight is 314 g/mol. The standard InChI is InChI=1S/C19H14N4O/c20-11-13-3-1-5-16-15(13)6-7-18-17(16)8-10-23(18)19(24)22-14-4-2-9-21-12-14/h1-7,9,12H,8,10H2,(H,22,24). The minimum atomic E-state index is -0.169. The number of rotatable bonds is 1. The maximum absolute atomic E-state index is 12.6. The molecule has 1 aliphatic rings. The lowest BCUT2D eigenvalue weighted by Crippen LogP contribution is -2.33. The number of carbonyl (C=O) groups excluding carboxylic acids is 1. The van der Waals surface area contributed by atoms with Gasteiger partial charge in [-0.1, -0.05) is 18.2 Å². The quantitative estimate of drug-likeness (QED) is 0.744. The van der Waals surface area contributed by atoms with E-state index < -0.39 is 0 Å². The molecule has 2 amide bonds. The number of benzene rings is 2. The smallest absolute Gasteiger partial charge is 0.306 e. The summed E-state index contributed by atoms with van der Waals surface area (Å²) in [6.07, 6.45) is 4.07. The topological polar surface area (TPSA) is 69.0 Å². The van der Waals surface area contributed by atoms with Gasteiger partial charge in [-0.2, -0.15) is 5.26 Å². The highest BCUT2D eigenvalue weighted by Gasteiger charge is 2.26. The third-order valence-electron chi connectivity index (χ3n) is 4.30. The Kier molecular flexibility index (Phi) is 3.36. The van der Waals surface area contributed by atoms with Crippen molar-refractivity contribution in [2.45, 2.75) is 6.42 Å². The van der Waals surface area contributed by atoms with Crippen LogP contribution in [0.3, 0.4) is 0 Å². The number of nitrogens with zero attached hydrogens (tertiary/aromatic N) is 3. The van der Waals surface area contributed by atoms with Crippen LogP contribution >= 0.6 is 0 Å². The van der Waals surface area contributed by atoms with Crippen molar-refractivity contribution in [1.29, 1.82) is 5.26 Å².